The summed E-state index contributed by atoms with van der Waals surface area (Å²) in [5, 5.41) is 9.16. The van der Waals surface area contributed by atoms with E-state index in [1.165, 1.54) is 0 Å². The fourth-order valence-corrected chi connectivity index (χ4v) is 2.17. The standard InChI is InChI=1S/C12H16N2O2/c1-3-10-13-9-5-4-7(2)6-8(9)11(14-10)12(15)16/h7H,3-6H2,1-2H3,(H,15,16). The molecule has 0 fully saturated rings. The van der Waals surface area contributed by atoms with Gasteiger partial charge in [0.2, 0.25) is 0 Å². The molecule has 1 aliphatic carbocycles. The van der Waals surface area contributed by atoms with E-state index in [0.717, 1.165) is 30.5 Å². The van der Waals surface area contributed by atoms with Gasteiger partial charge in [0, 0.05) is 17.7 Å². The van der Waals surface area contributed by atoms with Crippen LogP contribution in [0.15, 0.2) is 0 Å². The van der Waals surface area contributed by atoms with Crippen LogP contribution >= 0.6 is 0 Å². The number of fused-ring (bicyclic) bond motifs is 1. The first-order valence-electron chi connectivity index (χ1n) is 5.73. The largest absolute Gasteiger partial charge is 0.477 e. The Morgan fingerprint density at radius 2 is 2.25 bits per heavy atom. The molecule has 2 rings (SSSR count). The lowest BCUT2D eigenvalue weighted by atomic mass is 9.87. The van der Waals surface area contributed by atoms with E-state index in [1.54, 1.807) is 0 Å². The molecule has 0 aromatic carbocycles. The average molecular weight is 220 g/mol. The lowest BCUT2D eigenvalue weighted by Gasteiger charge is -2.22. The van der Waals surface area contributed by atoms with Crippen LogP contribution in [-0.2, 0) is 19.3 Å². The fraction of sp³-hybridized carbons (Fsp3) is 0.583. The van der Waals surface area contributed by atoms with Gasteiger partial charge in [0.05, 0.1) is 0 Å². The van der Waals surface area contributed by atoms with Gasteiger partial charge in [-0.05, 0) is 25.2 Å². The summed E-state index contributed by atoms with van der Waals surface area (Å²) in [7, 11) is 0. The number of hydrogen-bond acceptors (Lipinski definition) is 3. The smallest absolute Gasteiger partial charge is 0.354 e. The Balaban J connectivity index is 2.53. The van der Waals surface area contributed by atoms with Crippen molar-refractivity contribution in [1.82, 2.24) is 9.97 Å². The van der Waals surface area contributed by atoms with Crippen molar-refractivity contribution in [3.05, 3.63) is 22.8 Å². The Kier molecular flexibility index (Phi) is 2.90. The number of hydrogen-bond donors (Lipinski definition) is 1. The molecule has 1 aliphatic rings. The summed E-state index contributed by atoms with van der Waals surface area (Å²) in [6.45, 7) is 4.08. The van der Waals surface area contributed by atoms with Crippen molar-refractivity contribution in [3.63, 3.8) is 0 Å². The van der Waals surface area contributed by atoms with Gasteiger partial charge in [-0.3, -0.25) is 0 Å². The average Bonchev–Trinajstić information content (AvgIpc) is 2.27. The van der Waals surface area contributed by atoms with Gasteiger partial charge >= 0.3 is 5.97 Å². The number of aromatic nitrogens is 2. The van der Waals surface area contributed by atoms with Crippen molar-refractivity contribution in [1.29, 1.82) is 0 Å². The molecule has 1 aromatic rings. The van der Waals surface area contributed by atoms with Crippen LogP contribution in [0, 0.1) is 5.92 Å². The highest BCUT2D eigenvalue weighted by Crippen LogP contribution is 2.26. The molecule has 86 valence electrons. The SMILES string of the molecule is CCc1nc2c(c(C(=O)O)n1)CC(C)CC2. The summed E-state index contributed by atoms with van der Waals surface area (Å²) in [5.74, 6) is 0.245. The summed E-state index contributed by atoms with van der Waals surface area (Å²) in [6, 6.07) is 0. The zero-order valence-electron chi connectivity index (χ0n) is 9.66. The molecule has 0 amide bonds. The first-order chi connectivity index (χ1) is 7.61. The molecule has 0 aliphatic heterocycles. The highest BCUT2D eigenvalue weighted by molar-refractivity contribution is 5.87. The molecule has 0 spiro atoms. The van der Waals surface area contributed by atoms with Crippen molar-refractivity contribution in [2.24, 2.45) is 5.92 Å². The molecule has 1 aromatic heterocycles. The monoisotopic (exact) mass is 220 g/mol. The van der Waals surface area contributed by atoms with E-state index in [9.17, 15) is 4.79 Å². The van der Waals surface area contributed by atoms with Gasteiger partial charge in [-0.1, -0.05) is 13.8 Å². The van der Waals surface area contributed by atoms with Crippen LogP contribution in [0.5, 0.6) is 0 Å². The van der Waals surface area contributed by atoms with Gasteiger partial charge in [-0.2, -0.15) is 0 Å². The number of nitrogens with zero attached hydrogens (tertiary/aromatic N) is 2. The second-order valence-electron chi connectivity index (χ2n) is 4.42. The predicted molar refractivity (Wildman–Crippen MR) is 59.6 cm³/mol. The molecule has 0 saturated heterocycles. The number of aryl methyl sites for hydroxylation is 2. The molecular weight excluding hydrogens is 204 g/mol. The molecule has 0 saturated carbocycles. The number of carbonyl (C=O) groups is 1. The number of aromatic carboxylic acids is 1. The van der Waals surface area contributed by atoms with Crippen LogP contribution in [0.3, 0.4) is 0 Å². The number of rotatable bonds is 2. The Morgan fingerprint density at radius 1 is 1.50 bits per heavy atom. The molecule has 16 heavy (non-hydrogen) atoms. The molecule has 0 bridgehead atoms. The van der Waals surface area contributed by atoms with E-state index >= 15 is 0 Å². The molecule has 1 N–H and O–H groups in total. The van der Waals surface area contributed by atoms with E-state index < -0.39 is 5.97 Å². The zero-order chi connectivity index (χ0) is 11.7. The normalized spacial score (nSPS) is 19.2. The van der Waals surface area contributed by atoms with Crippen LogP contribution in [0.25, 0.3) is 0 Å². The fourth-order valence-electron chi connectivity index (χ4n) is 2.17. The van der Waals surface area contributed by atoms with Crippen LogP contribution in [-0.4, -0.2) is 21.0 Å². The lowest BCUT2D eigenvalue weighted by molar-refractivity contribution is 0.0687. The topological polar surface area (TPSA) is 63.1 Å². The Labute approximate surface area is 94.7 Å². The molecule has 4 heteroatoms. The van der Waals surface area contributed by atoms with Crippen molar-refractivity contribution >= 4 is 5.97 Å². The maximum atomic E-state index is 11.2. The second-order valence-corrected chi connectivity index (χ2v) is 4.42. The quantitative estimate of drug-likeness (QED) is 0.826. The van der Waals surface area contributed by atoms with Crippen molar-refractivity contribution in [2.45, 2.75) is 39.5 Å². The van der Waals surface area contributed by atoms with E-state index in [4.69, 9.17) is 5.11 Å². The summed E-state index contributed by atoms with van der Waals surface area (Å²) in [6.07, 6.45) is 3.45. The predicted octanol–water partition coefficient (Wildman–Crippen LogP) is 1.86. The minimum absolute atomic E-state index is 0.216. The van der Waals surface area contributed by atoms with E-state index in [0.29, 0.717) is 18.2 Å². The van der Waals surface area contributed by atoms with E-state index in [2.05, 4.69) is 16.9 Å². The minimum Gasteiger partial charge on any atom is -0.477 e. The highest BCUT2D eigenvalue weighted by Gasteiger charge is 2.24. The van der Waals surface area contributed by atoms with Gasteiger partial charge in [0.25, 0.3) is 0 Å². The van der Waals surface area contributed by atoms with Crippen LogP contribution in [0.2, 0.25) is 0 Å². The number of carboxylic acid groups (broad SMARTS) is 1. The third-order valence-electron chi connectivity index (χ3n) is 3.08. The second kappa shape index (κ2) is 4.20. The third-order valence-corrected chi connectivity index (χ3v) is 3.08. The molecule has 1 unspecified atom stereocenters. The van der Waals surface area contributed by atoms with Gasteiger partial charge in [-0.25, -0.2) is 14.8 Å². The maximum absolute atomic E-state index is 11.2. The van der Waals surface area contributed by atoms with Gasteiger partial charge in [0.15, 0.2) is 5.69 Å². The highest BCUT2D eigenvalue weighted by atomic mass is 16.4. The van der Waals surface area contributed by atoms with Gasteiger partial charge < -0.3 is 5.11 Å². The van der Waals surface area contributed by atoms with Gasteiger partial charge in [-0.15, -0.1) is 0 Å². The maximum Gasteiger partial charge on any atom is 0.354 e. The number of carboxylic acids is 1. The summed E-state index contributed by atoms with van der Waals surface area (Å²) >= 11 is 0. The third kappa shape index (κ3) is 1.92. The zero-order valence-corrected chi connectivity index (χ0v) is 9.66. The van der Waals surface area contributed by atoms with Crippen LogP contribution in [0.1, 0.15) is 47.8 Å². The Morgan fingerprint density at radius 3 is 2.88 bits per heavy atom. The van der Waals surface area contributed by atoms with Crippen molar-refractivity contribution in [3.8, 4) is 0 Å². The molecule has 0 radical (unpaired) electrons. The molecular formula is C12H16N2O2. The first-order valence-corrected chi connectivity index (χ1v) is 5.73. The van der Waals surface area contributed by atoms with Crippen LogP contribution < -0.4 is 0 Å². The Bertz CT molecular complexity index is 429. The van der Waals surface area contributed by atoms with Crippen molar-refractivity contribution in [2.75, 3.05) is 0 Å². The summed E-state index contributed by atoms with van der Waals surface area (Å²) < 4.78 is 0. The molecule has 1 heterocycles. The van der Waals surface area contributed by atoms with Crippen LogP contribution in [0.4, 0.5) is 0 Å². The molecule has 1 atom stereocenters. The summed E-state index contributed by atoms with van der Waals surface area (Å²) in [4.78, 5) is 19.7. The lowest BCUT2D eigenvalue weighted by Crippen LogP contribution is -2.20. The van der Waals surface area contributed by atoms with E-state index in [1.807, 2.05) is 6.92 Å². The summed E-state index contributed by atoms with van der Waals surface area (Å²) in [5.41, 5.74) is 2.01. The minimum atomic E-state index is -0.928. The first kappa shape index (κ1) is 11.0. The Hall–Kier alpha value is -1.45. The van der Waals surface area contributed by atoms with Gasteiger partial charge in [0.1, 0.15) is 5.82 Å². The van der Waals surface area contributed by atoms with Crippen molar-refractivity contribution < 1.29 is 9.90 Å². The van der Waals surface area contributed by atoms with E-state index in [-0.39, 0.29) is 5.69 Å². The molecule has 4 nitrogen and oxygen atoms in total.